The van der Waals surface area contributed by atoms with E-state index in [0.29, 0.717) is 19.4 Å². The second-order valence-electron chi connectivity index (χ2n) is 6.04. The fourth-order valence-corrected chi connectivity index (χ4v) is 2.41. The Morgan fingerprint density at radius 3 is 2.17 bits per heavy atom. The summed E-state index contributed by atoms with van der Waals surface area (Å²) in [6.45, 7) is 5.91. The molecule has 9 heteroatoms. The number of hydrogen-bond donors (Lipinski definition) is 0. The molecule has 1 aliphatic heterocycles. The first-order valence-corrected chi connectivity index (χ1v) is 9.03. The lowest BCUT2D eigenvalue weighted by atomic mass is 9.74. The predicted octanol–water partition coefficient (Wildman–Crippen LogP) is 4.83. The number of rotatable bonds is 8. The second-order valence-corrected chi connectivity index (χ2v) is 9.58. The molecule has 0 spiro atoms. The molecule has 1 fully saturated rings. The van der Waals surface area contributed by atoms with Gasteiger partial charge in [-0.2, -0.15) is 0 Å². The van der Waals surface area contributed by atoms with Crippen LogP contribution >= 0.6 is 58.0 Å². The van der Waals surface area contributed by atoms with E-state index in [1.807, 2.05) is 13.8 Å². The average molecular weight is 429 g/mol. The first-order valence-electron chi connectivity index (χ1n) is 7.14. The van der Waals surface area contributed by atoms with Crippen molar-refractivity contribution >= 4 is 69.8 Å². The minimum atomic E-state index is -2.31. The molecule has 0 N–H and O–H groups in total. The van der Waals surface area contributed by atoms with Crippen molar-refractivity contribution in [2.24, 2.45) is 11.3 Å². The Hall–Kier alpha value is 0.550. The van der Waals surface area contributed by atoms with Crippen LogP contribution in [0.1, 0.15) is 40.0 Å². The highest BCUT2D eigenvalue weighted by Crippen LogP contribution is 2.47. The molecule has 0 aromatic rings. The molecule has 134 valence electrons. The summed E-state index contributed by atoms with van der Waals surface area (Å²) in [5, 5.41) is 0. The molecule has 3 atom stereocenters. The van der Waals surface area contributed by atoms with Gasteiger partial charge in [0.15, 0.2) is 0 Å². The van der Waals surface area contributed by atoms with Gasteiger partial charge in [-0.1, -0.05) is 78.8 Å². The van der Waals surface area contributed by atoms with Crippen molar-refractivity contribution in [3.05, 3.63) is 0 Å². The average Bonchev–Trinajstić information content (AvgIpc) is 3.20. The number of carbonyl (C=O) groups is 2. The van der Waals surface area contributed by atoms with Gasteiger partial charge in [0.25, 0.3) is 3.79 Å². The van der Waals surface area contributed by atoms with Crippen molar-refractivity contribution in [3.63, 3.8) is 0 Å². The van der Waals surface area contributed by atoms with Crippen molar-refractivity contribution in [2.75, 3.05) is 6.61 Å². The highest BCUT2D eigenvalue weighted by molar-refractivity contribution is 6.75. The molecule has 0 aliphatic carbocycles. The Bertz CT molecular complexity index is 459. The number of ketones is 1. The van der Waals surface area contributed by atoms with Crippen LogP contribution < -0.4 is 0 Å². The second kappa shape index (κ2) is 7.84. The number of ether oxygens (including phenoxy) is 2. The third-order valence-corrected chi connectivity index (χ3v) is 6.09. The molecule has 23 heavy (non-hydrogen) atoms. The summed E-state index contributed by atoms with van der Waals surface area (Å²) in [4.78, 5) is 24.6. The molecule has 3 unspecified atom stereocenters. The molecule has 1 rings (SSSR count). The molecule has 0 saturated carbocycles. The van der Waals surface area contributed by atoms with E-state index in [-0.39, 0.29) is 18.3 Å². The van der Waals surface area contributed by atoms with Crippen LogP contribution in [0.15, 0.2) is 0 Å². The molecular weight excluding hydrogens is 409 g/mol. The minimum absolute atomic E-state index is 0.00155. The van der Waals surface area contributed by atoms with Crippen molar-refractivity contribution in [2.45, 2.75) is 54.4 Å². The Morgan fingerprint density at radius 1 is 1.26 bits per heavy atom. The molecule has 0 aromatic carbocycles. The van der Waals surface area contributed by atoms with Gasteiger partial charge in [0, 0.05) is 11.8 Å². The van der Waals surface area contributed by atoms with Crippen molar-refractivity contribution in [1.29, 1.82) is 0 Å². The molecule has 0 aromatic heterocycles. The van der Waals surface area contributed by atoms with Crippen LogP contribution in [-0.4, -0.2) is 32.8 Å². The Morgan fingerprint density at radius 2 is 1.78 bits per heavy atom. The van der Waals surface area contributed by atoms with Crippen LogP contribution in [0.2, 0.25) is 0 Å². The van der Waals surface area contributed by atoms with Crippen LogP contribution in [0.5, 0.6) is 0 Å². The summed E-state index contributed by atoms with van der Waals surface area (Å²) in [5.74, 6) is -1.34. The van der Waals surface area contributed by atoms with E-state index in [1.54, 1.807) is 6.92 Å². The van der Waals surface area contributed by atoms with E-state index in [9.17, 15) is 9.59 Å². The number of hydrogen-bond acceptors (Lipinski definition) is 4. The molecular formula is C14H19Cl5O4. The molecule has 4 nitrogen and oxygen atoms in total. The standard InChI is InChI=1S/C14H19Cl5O4/c1-4-12(3,10(20)5-9-7-22-9)6-8(2)11(21)23-14(18,19)13(15,16)17/h8-9H,4-7H2,1-3H3. The summed E-state index contributed by atoms with van der Waals surface area (Å²) < 4.78 is 5.47. The van der Waals surface area contributed by atoms with Crippen LogP contribution in [0, 0.1) is 11.3 Å². The summed E-state index contributed by atoms with van der Waals surface area (Å²) in [6.07, 6.45) is 1.19. The molecule has 0 radical (unpaired) electrons. The summed E-state index contributed by atoms with van der Waals surface area (Å²) in [5.41, 5.74) is -0.675. The summed E-state index contributed by atoms with van der Waals surface area (Å²) in [7, 11) is 0. The van der Waals surface area contributed by atoms with Gasteiger partial charge < -0.3 is 9.47 Å². The van der Waals surface area contributed by atoms with E-state index in [2.05, 4.69) is 0 Å². The number of halogens is 5. The smallest absolute Gasteiger partial charge is 0.311 e. The fraction of sp³-hybridized carbons (Fsp3) is 0.857. The van der Waals surface area contributed by atoms with Gasteiger partial charge in [-0.3, -0.25) is 9.59 Å². The number of esters is 1. The van der Waals surface area contributed by atoms with Crippen LogP contribution in [0.4, 0.5) is 0 Å². The van der Waals surface area contributed by atoms with E-state index in [1.165, 1.54) is 0 Å². The Labute approximate surface area is 161 Å². The largest absolute Gasteiger partial charge is 0.424 e. The van der Waals surface area contributed by atoms with Gasteiger partial charge in [0.05, 0.1) is 18.6 Å². The lowest BCUT2D eigenvalue weighted by molar-refractivity contribution is -0.153. The van der Waals surface area contributed by atoms with Gasteiger partial charge in [0.2, 0.25) is 0 Å². The number of epoxide rings is 1. The zero-order valence-electron chi connectivity index (χ0n) is 13.0. The van der Waals surface area contributed by atoms with E-state index in [4.69, 9.17) is 67.5 Å². The third-order valence-electron chi connectivity index (χ3n) is 3.99. The molecule has 0 amide bonds. The zero-order chi connectivity index (χ0) is 18.1. The maximum atomic E-state index is 12.4. The quantitative estimate of drug-likeness (QED) is 0.316. The normalized spacial score (nSPS) is 22.2. The lowest BCUT2D eigenvalue weighted by Gasteiger charge is -2.31. The van der Waals surface area contributed by atoms with Crippen molar-refractivity contribution in [3.8, 4) is 0 Å². The molecule has 1 saturated heterocycles. The zero-order valence-corrected chi connectivity index (χ0v) is 16.8. The number of alkyl halides is 5. The Balaban J connectivity index is 2.69. The molecule has 1 aliphatic rings. The van der Waals surface area contributed by atoms with Crippen molar-refractivity contribution < 1.29 is 19.1 Å². The monoisotopic (exact) mass is 426 g/mol. The topological polar surface area (TPSA) is 55.9 Å². The predicted molar refractivity (Wildman–Crippen MR) is 92.4 cm³/mol. The first-order chi connectivity index (χ1) is 10.3. The summed E-state index contributed by atoms with van der Waals surface area (Å²) in [6, 6.07) is 0. The maximum absolute atomic E-state index is 12.4. The summed E-state index contributed by atoms with van der Waals surface area (Å²) >= 11 is 28.2. The van der Waals surface area contributed by atoms with E-state index < -0.39 is 25.6 Å². The van der Waals surface area contributed by atoms with Gasteiger partial charge >= 0.3 is 10.5 Å². The van der Waals surface area contributed by atoms with E-state index >= 15 is 0 Å². The van der Waals surface area contributed by atoms with Crippen molar-refractivity contribution in [1.82, 2.24) is 0 Å². The van der Waals surface area contributed by atoms with Crippen LogP contribution in [0.25, 0.3) is 0 Å². The highest BCUT2D eigenvalue weighted by atomic mass is 35.6. The van der Waals surface area contributed by atoms with Gasteiger partial charge in [-0.25, -0.2) is 0 Å². The number of carbonyl (C=O) groups excluding carboxylic acids is 2. The number of Topliss-reactive ketones (excluding diaryl/α,β-unsaturated/α-hetero) is 1. The first kappa shape index (κ1) is 21.6. The molecule has 0 bridgehead atoms. The van der Waals surface area contributed by atoms with Gasteiger partial charge in [0.1, 0.15) is 5.78 Å². The Kier molecular flexibility index (Phi) is 7.36. The van der Waals surface area contributed by atoms with Gasteiger partial charge in [-0.05, 0) is 12.8 Å². The lowest BCUT2D eigenvalue weighted by Crippen LogP contribution is -2.39. The molecule has 1 heterocycles. The van der Waals surface area contributed by atoms with Crippen LogP contribution in [-0.2, 0) is 19.1 Å². The highest BCUT2D eigenvalue weighted by Gasteiger charge is 2.50. The maximum Gasteiger partial charge on any atom is 0.311 e. The van der Waals surface area contributed by atoms with Crippen LogP contribution in [0.3, 0.4) is 0 Å². The van der Waals surface area contributed by atoms with Gasteiger partial charge in [-0.15, -0.1) is 0 Å². The fourth-order valence-electron chi connectivity index (χ4n) is 2.14. The minimum Gasteiger partial charge on any atom is -0.424 e. The van der Waals surface area contributed by atoms with E-state index in [0.717, 1.165) is 0 Å². The SMILES string of the molecule is CCC(C)(CC(C)C(=O)OC(Cl)(Cl)C(Cl)(Cl)Cl)C(=O)CC1CO1. The third kappa shape index (κ3) is 6.09.